The topological polar surface area (TPSA) is 62.5 Å². The number of nitrogens with one attached hydrogen (secondary N) is 1. The first kappa shape index (κ1) is 13.4. The van der Waals surface area contributed by atoms with E-state index in [4.69, 9.17) is 9.52 Å². The van der Waals surface area contributed by atoms with E-state index in [0.717, 1.165) is 6.54 Å². The van der Waals surface area contributed by atoms with Crippen molar-refractivity contribution in [3.8, 4) is 0 Å². The Labute approximate surface area is 112 Å². The highest BCUT2D eigenvalue weighted by molar-refractivity contribution is 5.84. The normalized spacial score (nSPS) is 12.3. The van der Waals surface area contributed by atoms with Crippen LogP contribution in [0.25, 0.3) is 0 Å². The molecule has 0 bridgehead atoms. The molecular formula is C15H17NO3. The van der Waals surface area contributed by atoms with Crippen molar-refractivity contribution in [3.05, 3.63) is 59.0 Å². The Morgan fingerprint density at radius 1 is 1.32 bits per heavy atom. The zero-order chi connectivity index (χ0) is 13.8. The fourth-order valence-electron chi connectivity index (χ4n) is 1.87. The molecule has 0 aliphatic carbocycles. The largest absolute Gasteiger partial charge is 0.475 e. The standard InChI is InChI=1S/C15H17NO3/c1-10-5-3-4-6-12(10)9-16-11(2)13-7-8-14(19-13)15(17)18/h3-8,11,16H,9H2,1-2H3,(H,17,18). The molecule has 1 unspecified atom stereocenters. The monoisotopic (exact) mass is 259 g/mol. The first-order chi connectivity index (χ1) is 9.08. The van der Waals surface area contributed by atoms with Crippen molar-refractivity contribution in [2.75, 3.05) is 0 Å². The lowest BCUT2D eigenvalue weighted by atomic mass is 10.1. The van der Waals surface area contributed by atoms with Crippen molar-refractivity contribution in [1.29, 1.82) is 0 Å². The summed E-state index contributed by atoms with van der Waals surface area (Å²) in [7, 11) is 0. The van der Waals surface area contributed by atoms with E-state index < -0.39 is 5.97 Å². The molecular weight excluding hydrogens is 242 g/mol. The van der Waals surface area contributed by atoms with Crippen molar-refractivity contribution in [1.82, 2.24) is 5.32 Å². The van der Waals surface area contributed by atoms with Gasteiger partial charge in [-0.3, -0.25) is 0 Å². The molecule has 0 aliphatic rings. The van der Waals surface area contributed by atoms with Crippen LogP contribution in [0, 0.1) is 6.92 Å². The van der Waals surface area contributed by atoms with E-state index in [0.29, 0.717) is 5.76 Å². The summed E-state index contributed by atoms with van der Waals surface area (Å²) in [5.74, 6) is -0.442. The zero-order valence-corrected chi connectivity index (χ0v) is 11.0. The molecule has 1 aromatic heterocycles. The van der Waals surface area contributed by atoms with Gasteiger partial charge in [0, 0.05) is 6.54 Å². The number of rotatable bonds is 5. The van der Waals surface area contributed by atoms with Gasteiger partial charge in [0.2, 0.25) is 5.76 Å². The SMILES string of the molecule is Cc1ccccc1CNC(C)c1ccc(C(=O)O)o1. The number of aryl methyl sites for hydroxylation is 1. The van der Waals surface area contributed by atoms with E-state index >= 15 is 0 Å². The van der Waals surface area contributed by atoms with E-state index in [9.17, 15) is 4.79 Å². The van der Waals surface area contributed by atoms with Crippen LogP contribution in [0.3, 0.4) is 0 Å². The molecule has 1 heterocycles. The third kappa shape index (κ3) is 3.23. The average Bonchev–Trinajstić information content (AvgIpc) is 2.87. The van der Waals surface area contributed by atoms with Gasteiger partial charge in [-0.1, -0.05) is 24.3 Å². The molecule has 2 rings (SSSR count). The van der Waals surface area contributed by atoms with Crippen LogP contribution >= 0.6 is 0 Å². The summed E-state index contributed by atoms with van der Waals surface area (Å²) in [6.07, 6.45) is 0. The van der Waals surface area contributed by atoms with Crippen molar-refractivity contribution in [2.45, 2.75) is 26.4 Å². The number of hydrogen-bond acceptors (Lipinski definition) is 3. The number of aromatic carboxylic acids is 1. The fourth-order valence-corrected chi connectivity index (χ4v) is 1.87. The molecule has 4 heteroatoms. The van der Waals surface area contributed by atoms with Gasteiger partial charge in [0.25, 0.3) is 0 Å². The van der Waals surface area contributed by atoms with Crippen LogP contribution in [0.15, 0.2) is 40.8 Å². The molecule has 0 aliphatic heterocycles. The van der Waals surface area contributed by atoms with Crippen LogP contribution in [0.1, 0.15) is 40.4 Å². The Kier molecular flexibility index (Phi) is 4.02. The molecule has 0 saturated heterocycles. The fraction of sp³-hybridized carbons (Fsp3) is 0.267. The van der Waals surface area contributed by atoms with Crippen LogP contribution in [0.5, 0.6) is 0 Å². The van der Waals surface area contributed by atoms with Gasteiger partial charge in [-0.25, -0.2) is 4.79 Å². The minimum absolute atomic E-state index is 0.0282. The third-order valence-electron chi connectivity index (χ3n) is 3.12. The lowest BCUT2D eigenvalue weighted by Crippen LogP contribution is -2.18. The zero-order valence-electron chi connectivity index (χ0n) is 11.0. The van der Waals surface area contributed by atoms with Gasteiger partial charge in [-0.2, -0.15) is 0 Å². The predicted molar refractivity (Wildman–Crippen MR) is 72.1 cm³/mol. The molecule has 4 nitrogen and oxygen atoms in total. The number of carboxylic acids is 1. The number of benzene rings is 1. The molecule has 0 spiro atoms. The molecule has 19 heavy (non-hydrogen) atoms. The Bertz CT molecular complexity index is 574. The first-order valence-corrected chi connectivity index (χ1v) is 6.19. The highest BCUT2D eigenvalue weighted by Gasteiger charge is 2.13. The van der Waals surface area contributed by atoms with Gasteiger partial charge in [0.05, 0.1) is 6.04 Å². The summed E-state index contributed by atoms with van der Waals surface area (Å²) in [6.45, 7) is 4.73. The van der Waals surface area contributed by atoms with Crippen LogP contribution in [0.2, 0.25) is 0 Å². The second-order valence-corrected chi connectivity index (χ2v) is 4.54. The number of carbonyl (C=O) groups is 1. The average molecular weight is 259 g/mol. The van der Waals surface area contributed by atoms with Crippen LogP contribution in [-0.2, 0) is 6.54 Å². The van der Waals surface area contributed by atoms with Crippen LogP contribution < -0.4 is 5.32 Å². The summed E-state index contributed by atoms with van der Waals surface area (Å²) in [6, 6.07) is 11.3. The molecule has 2 aromatic rings. The lowest BCUT2D eigenvalue weighted by Gasteiger charge is -2.12. The van der Waals surface area contributed by atoms with E-state index in [-0.39, 0.29) is 11.8 Å². The molecule has 2 N–H and O–H groups in total. The number of furan rings is 1. The molecule has 0 amide bonds. The van der Waals surface area contributed by atoms with Gasteiger partial charge in [0.15, 0.2) is 0 Å². The quantitative estimate of drug-likeness (QED) is 0.866. The number of carboxylic acid groups (broad SMARTS) is 1. The highest BCUT2D eigenvalue weighted by Crippen LogP contribution is 2.17. The summed E-state index contributed by atoms with van der Waals surface area (Å²) in [5.41, 5.74) is 2.45. The smallest absolute Gasteiger partial charge is 0.371 e. The van der Waals surface area contributed by atoms with Crippen LogP contribution in [-0.4, -0.2) is 11.1 Å². The molecule has 0 saturated carbocycles. The van der Waals surface area contributed by atoms with Gasteiger partial charge in [-0.15, -0.1) is 0 Å². The second-order valence-electron chi connectivity index (χ2n) is 4.54. The maximum Gasteiger partial charge on any atom is 0.371 e. The predicted octanol–water partition coefficient (Wildman–Crippen LogP) is 3.14. The Balaban J connectivity index is 1.99. The van der Waals surface area contributed by atoms with Gasteiger partial charge >= 0.3 is 5.97 Å². The van der Waals surface area contributed by atoms with Crippen molar-refractivity contribution in [2.24, 2.45) is 0 Å². The summed E-state index contributed by atoms with van der Waals surface area (Å²) >= 11 is 0. The molecule has 0 radical (unpaired) electrons. The maximum absolute atomic E-state index is 10.7. The summed E-state index contributed by atoms with van der Waals surface area (Å²) in [5, 5.41) is 12.1. The Morgan fingerprint density at radius 3 is 2.68 bits per heavy atom. The minimum Gasteiger partial charge on any atom is -0.475 e. The molecule has 1 atom stereocenters. The maximum atomic E-state index is 10.7. The van der Waals surface area contributed by atoms with Crippen molar-refractivity contribution in [3.63, 3.8) is 0 Å². The molecule has 0 fully saturated rings. The van der Waals surface area contributed by atoms with E-state index in [1.165, 1.54) is 17.2 Å². The van der Waals surface area contributed by atoms with Gasteiger partial charge in [-0.05, 0) is 37.1 Å². The minimum atomic E-state index is -1.04. The second kappa shape index (κ2) is 5.71. The van der Waals surface area contributed by atoms with Gasteiger partial charge < -0.3 is 14.8 Å². The van der Waals surface area contributed by atoms with Crippen LogP contribution in [0.4, 0.5) is 0 Å². The van der Waals surface area contributed by atoms with Crippen molar-refractivity contribution >= 4 is 5.97 Å². The lowest BCUT2D eigenvalue weighted by molar-refractivity contribution is 0.0659. The highest BCUT2D eigenvalue weighted by atomic mass is 16.4. The van der Waals surface area contributed by atoms with Crippen molar-refractivity contribution < 1.29 is 14.3 Å². The first-order valence-electron chi connectivity index (χ1n) is 6.19. The van der Waals surface area contributed by atoms with E-state index in [1.54, 1.807) is 6.07 Å². The third-order valence-corrected chi connectivity index (χ3v) is 3.12. The Morgan fingerprint density at radius 2 is 2.05 bits per heavy atom. The summed E-state index contributed by atoms with van der Waals surface area (Å²) in [4.78, 5) is 10.7. The van der Waals surface area contributed by atoms with Gasteiger partial charge in [0.1, 0.15) is 5.76 Å². The molecule has 100 valence electrons. The summed E-state index contributed by atoms with van der Waals surface area (Å²) < 4.78 is 5.26. The Hall–Kier alpha value is -2.07. The van der Waals surface area contributed by atoms with E-state index in [1.807, 2.05) is 19.1 Å². The van der Waals surface area contributed by atoms with E-state index in [2.05, 4.69) is 24.4 Å². The molecule has 1 aromatic carbocycles. The number of hydrogen-bond donors (Lipinski definition) is 2.